The first-order chi connectivity index (χ1) is 14.9. The summed E-state index contributed by atoms with van der Waals surface area (Å²) < 4.78 is 0. The van der Waals surface area contributed by atoms with Crippen LogP contribution in [0.2, 0.25) is 5.02 Å². The molecule has 2 rings (SSSR count). The minimum Gasteiger partial charge on any atom is -0.354 e. The van der Waals surface area contributed by atoms with Gasteiger partial charge in [0.05, 0.1) is 11.3 Å². The van der Waals surface area contributed by atoms with Crippen molar-refractivity contribution in [2.24, 2.45) is 0 Å². The second-order valence-electron chi connectivity index (χ2n) is 7.24. The van der Waals surface area contributed by atoms with Crippen molar-refractivity contribution in [1.82, 2.24) is 10.2 Å². The number of carbonyl (C=O) groups is 2. The van der Waals surface area contributed by atoms with Gasteiger partial charge in [-0.1, -0.05) is 68.3 Å². The van der Waals surface area contributed by atoms with Crippen LogP contribution < -0.4 is 5.32 Å². The molecular formula is C23H28ClN3O4. The Morgan fingerprint density at radius 2 is 1.74 bits per heavy atom. The van der Waals surface area contributed by atoms with Gasteiger partial charge in [0.2, 0.25) is 11.8 Å². The zero-order chi connectivity index (χ0) is 22.8. The highest BCUT2D eigenvalue weighted by Crippen LogP contribution is 2.23. The van der Waals surface area contributed by atoms with Crippen molar-refractivity contribution in [3.63, 3.8) is 0 Å². The van der Waals surface area contributed by atoms with E-state index in [2.05, 4.69) is 5.32 Å². The molecule has 2 amide bonds. The first kappa shape index (κ1) is 24.3. The van der Waals surface area contributed by atoms with Crippen LogP contribution in [-0.2, 0) is 22.6 Å². The van der Waals surface area contributed by atoms with Gasteiger partial charge in [-0.3, -0.25) is 19.7 Å². The summed E-state index contributed by atoms with van der Waals surface area (Å²) in [4.78, 5) is 38.5. The van der Waals surface area contributed by atoms with E-state index in [9.17, 15) is 19.7 Å². The van der Waals surface area contributed by atoms with Gasteiger partial charge in [0.25, 0.3) is 5.69 Å². The van der Waals surface area contributed by atoms with E-state index >= 15 is 0 Å². The van der Waals surface area contributed by atoms with Crippen molar-refractivity contribution in [3.05, 3.63) is 74.8 Å². The summed E-state index contributed by atoms with van der Waals surface area (Å²) in [7, 11) is 0. The molecular weight excluding hydrogens is 418 g/mol. The van der Waals surface area contributed by atoms with E-state index in [1.807, 2.05) is 19.9 Å². The predicted molar refractivity (Wildman–Crippen MR) is 121 cm³/mol. The number of hydrogen-bond acceptors (Lipinski definition) is 4. The summed E-state index contributed by atoms with van der Waals surface area (Å²) in [6.45, 7) is 4.54. The van der Waals surface area contributed by atoms with Gasteiger partial charge in [0, 0.05) is 29.7 Å². The van der Waals surface area contributed by atoms with E-state index in [0.29, 0.717) is 29.1 Å². The molecule has 0 aliphatic carbocycles. The topological polar surface area (TPSA) is 92.6 Å². The molecule has 2 aromatic rings. The van der Waals surface area contributed by atoms with Crippen LogP contribution >= 0.6 is 11.6 Å². The number of para-hydroxylation sites is 1. The first-order valence-corrected chi connectivity index (χ1v) is 10.8. The molecule has 0 saturated carbocycles. The van der Waals surface area contributed by atoms with Gasteiger partial charge in [-0.05, 0) is 24.5 Å². The average Bonchev–Trinajstić information content (AvgIpc) is 2.75. The lowest BCUT2D eigenvalue weighted by Crippen LogP contribution is -2.49. The van der Waals surface area contributed by atoms with Crippen LogP contribution in [0.1, 0.15) is 44.2 Å². The third-order valence-electron chi connectivity index (χ3n) is 5.04. The lowest BCUT2D eigenvalue weighted by Gasteiger charge is -2.31. The molecule has 0 heterocycles. The van der Waals surface area contributed by atoms with Crippen molar-refractivity contribution >= 4 is 29.1 Å². The first-order valence-electron chi connectivity index (χ1n) is 10.4. The summed E-state index contributed by atoms with van der Waals surface area (Å²) >= 11 is 6.30. The summed E-state index contributed by atoms with van der Waals surface area (Å²) in [5.41, 5.74) is 0.900. The van der Waals surface area contributed by atoms with Gasteiger partial charge in [-0.2, -0.15) is 0 Å². The van der Waals surface area contributed by atoms with Crippen LogP contribution in [0.3, 0.4) is 0 Å². The largest absolute Gasteiger partial charge is 0.354 e. The van der Waals surface area contributed by atoms with E-state index in [4.69, 9.17) is 11.6 Å². The average molecular weight is 446 g/mol. The van der Waals surface area contributed by atoms with E-state index in [1.165, 1.54) is 11.0 Å². The molecule has 1 N–H and O–H groups in total. The molecule has 2 aromatic carbocycles. The van der Waals surface area contributed by atoms with Crippen LogP contribution in [0, 0.1) is 10.1 Å². The Morgan fingerprint density at radius 3 is 2.35 bits per heavy atom. The predicted octanol–water partition coefficient (Wildman–Crippen LogP) is 4.51. The number of nitrogens with one attached hydrogen (secondary N) is 1. The molecule has 0 aliphatic heterocycles. The highest BCUT2D eigenvalue weighted by atomic mass is 35.5. The molecule has 1 atom stereocenters. The van der Waals surface area contributed by atoms with Gasteiger partial charge in [0.15, 0.2) is 0 Å². The molecule has 0 saturated heterocycles. The Kier molecular flexibility index (Phi) is 9.46. The number of halogens is 1. The molecule has 166 valence electrons. The molecule has 0 bridgehead atoms. The second-order valence-corrected chi connectivity index (χ2v) is 7.65. The van der Waals surface area contributed by atoms with Gasteiger partial charge in [-0.15, -0.1) is 0 Å². The fourth-order valence-corrected chi connectivity index (χ4v) is 3.53. The van der Waals surface area contributed by atoms with Crippen molar-refractivity contribution < 1.29 is 14.5 Å². The maximum absolute atomic E-state index is 13.3. The zero-order valence-corrected chi connectivity index (χ0v) is 18.6. The fraction of sp³-hybridized carbons (Fsp3) is 0.391. The van der Waals surface area contributed by atoms with E-state index in [1.54, 1.807) is 36.4 Å². The van der Waals surface area contributed by atoms with Crippen molar-refractivity contribution in [2.75, 3.05) is 6.54 Å². The summed E-state index contributed by atoms with van der Waals surface area (Å²) in [6.07, 6.45) is 2.01. The van der Waals surface area contributed by atoms with E-state index in [0.717, 1.165) is 12.8 Å². The Bertz CT molecular complexity index is 919. The number of unbranched alkanes of at least 4 members (excludes halogenated alkanes) is 1. The van der Waals surface area contributed by atoms with Crippen molar-refractivity contribution in [2.45, 2.75) is 52.1 Å². The molecule has 7 nitrogen and oxygen atoms in total. The van der Waals surface area contributed by atoms with E-state index in [-0.39, 0.29) is 30.5 Å². The number of hydrogen-bond donors (Lipinski definition) is 1. The highest BCUT2D eigenvalue weighted by Gasteiger charge is 2.30. The molecule has 0 unspecified atom stereocenters. The van der Waals surface area contributed by atoms with Crippen LogP contribution in [0.25, 0.3) is 0 Å². The lowest BCUT2D eigenvalue weighted by molar-refractivity contribution is -0.385. The molecule has 0 spiro atoms. The highest BCUT2D eigenvalue weighted by molar-refractivity contribution is 6.31. The molecule has 0 fully saturated rings. The number of benzene rings is 2. The van der Waals surface area contributed by atoms with Crippen LogP contribution in [-0.4, -0.2) is 34.2 Å². The van der Waals surface area contributed by atoms with Crippen LogP contribution in [0.15, 0.2) is 48.5 Å². The second kappa shape index (κ2) is 12.1. The fourth-order valence-electron chi connectivity index (χ4n) is 3.34. The van der Waals surface area contributed by atoms with Crippen molar-refractivity contribution in [1.29, 1.82) is 0 Å². The molecule has 0 aromatic heterocycles. The van der Waals surface area contributed by atoms with Gasteiger partial charge < -0.3 is 10.2 Å². The SMILES string of the molecule is CCCCNC(=O)[C@@H](CC)N(Cc1ccccc1Cl)C(=O)Cc1ccccc1[N+](=O)[O-]. The Hall–Kier alpha value is -2.93. The maximum Gasteiger partial charge on any atom is 0.273 e. The van der Waals surface area contributed by atoms with Gasteiger partial charge >= 0.3 is 0 Å². The van der Waals surface area contributed by atoms with Gasteiger partial charge in [0.1, 0.15) is 6.04 Å². The molecule has 0 aliphatic rings. The maximum atomic E-state index is 13.3. The third kappa shape index (κ3) is 6.79. The lowest BCUT2D eigenvalue weighted by atomic mass is 10.1. The number of amides is 2. The standard InChI is InChI=1S/C23H28ClN3O4/c1-3-5-14-25-23(29)20(4-2)26(16-18-11-6-8-12-19(18)24)22(28)15-17-10-7-9-13-21(17)27(30)31/h6-13,20H,3-5,14-16H2,1-2H3,(H,25,29)/t20-/m1/s1. The number of carbonyl (C=O) groups excluding carboxylic acids is 2. The minimum absolute atomic E-state index is 0.117. The number of rotatable bonds is 11. The Labute approximate surface area is 187 Å². The number of nitro groups is 1. The summed E-state index contributed by atoms with van der Waals surface area (Å²) in [6, 6.07) is 12.6. The van der Waals surface area contributed by atoms with Crippen LogP contribution in [0.4, 0.5) is 5.69 Å². The van der Waals surface area contributed by atoms with E-state index < -0.39 is 11.0 Å². The van der Waals surface area contributed by atoms with Gasteiger partial charge in [-0.25, -0.2) is 0 Å². The zero-order valence-electron chi connectivity index (χ0n) is 17.8. The smallest absolute Gasteiger partial charge is 0.273 e. The molecule has 31 heavy (non-hydrogen) atoms. The quantitative estimate of drug-likeness (QED) is 0.313. The number of nitro benzene ring substituents is 1. The van der Waals surface area contributed by atoms with Crippen molar-refractivity contribution in [3.8, 4) is 0 Å². The normalized spacial score (nSPS) is 11.6. The Morgan fingerprint density at radius 1 is 1.10 bits per heavy atom. The summed E-state index contributed by atoms with van der Waals surface area (Å²) in [5, 5.41) is 14.7. The summed E-state index contributed by atoms with van der Waals surface area (Å²) in [5.74, 6) is -0.606. The monoisotopic (exact) mass is 445 g/mol. The molecule has 8 heteroatoms. The number of nitrogens with zero attached hydrogens (tertiary/aromatic N) is 2. The Balaban J connectivity index is 2.34. The van der Waals surface area contributed by atoms with Crippen LogP contribution in [0.5, 0.6) is 0 Å². The molecule has 0 radical (unpaired) electrons. The third-order valence-corrected chi connectivity index (χ3v) is 5.41. The minimum atomic E-state index is -0.705.